The molecular weight excluding hydrogens is 470 g/mol. The van der Waals surface area contributed by atoms with E-state index in [1.54, 1.807) is 11.0 Å². The van der Waals surface area contributed by atoms with Crippen molar-refractivity contribution < 1.29 is 14.3 Å². The van der Waals surface area contributed by atoms with Gasteiger partial charge in [0.2, 0.25) is 0 Å². The van der Waals surface area contributed by atoms with Gasteiger partial charge in [0, 0.05) is 17.8 Å². The van der Waals surface area contributed by atoms with E-state index in [0.29, 0.717) is 29.7 Å². The molecular formula is C20H20BrN5O3S. The summed E-state index contributed by atoms with van der Waals surface area (Å²) in [7, 11) is 0. The minimum Gasteiger partial charge on any atom is -0.370 e. The van der Waals surface area contributed by atoms with Crippen LogP contribution < -0.4 is 10.2 Å². The molecule has 0 spiro atoms. The van der Waals surface area contributed by atoms with Gasteiger partial charge in [-0.15, -0.1) is 11.3 Å². The molecule has 4 rings (SSSR count). The van der Waals surface area contributed by atoms with Crippen LogP contribution in [0.1, 0.15) is 34.0 Å². The highest BCUT2D eigenvalue weighted by Gasteiger charge is 2.22. The van der Waals surface area contributed by atoms with Gasteiger partial charge in [0.1, 0.15) is 6.61 Å². The van der Waals surface area contributed by atoms with Crippen LogP contribution in [-0.4, -0.2) is 46.8 Å². The number of hydrogen-bond donors (Lipinski definition) is 2. The molecule has 30 heavy (non-hydrogen) atoms. The van der Waals surface area contributed by atoms with Crippen molar-refractivity contribution in [3.63, 3.8) is 0 Å². The van der Waals surface area contributed by atoms with Crippen LogP contribution in [0.2, 0.25) is 0 Å². The van der Waals surface area contributed by atoms with Crippen molar-refractivity contribution in [2.75, 3.05) is 24.7 Å². The summed E-state index contributed by atoms with van der Waals surface area (Å²) in [5.74, 6) is 0.897. The summed E-state index contributed by atoms with van der Waals surface area (Å²) in [6, 6.07) is 9.04. The molecule has 1 atom stereocenters. The minimum absolute atomic E-state index is 0.0404. The fourth-order valence-electron chi connectivity index (χ4n) is 3.24. The molecule has 3 heterocycles. The first-order valence-corrected chi connectivity index (χ1v) is 11.0. The normalized spacial score (nSPS) is 15.3. The third-order valence-corrected chi connectivity index (χ3v) is 6.40. The van der Waals surface area contributed by atoms with E-state index in [0.717, 1.165) is 20.6 Å². The van der Waals surface area contributed by atoms with E-state index in [-0.39, 0.29) is 24.5 Å². The van der Waals surface area contributed by atoms with Gasteiger partial charge in [-0.1, -0.05) is 0 Å². The van der Waals surface area contributed by atoms with Crippen LogP contribution in [0.5, 0.6) is 0 Å². The van der Waals surface area contributed by atoms with Crippen molar-refractivity contribution in [3.05, 3.63) is 50.4 Å². The molecule has 0 saturated carbocycles. The number of benzene rings is 1. The number of thiophene rings is 1. The Labute approximate surface area is 185 Å². The maximum atomic E-state index is 12.3. The number of carbonyl (C=O) groups excluding carboxylic acids is 2. The molecule has 0 aliphatic carbocycles. The van der Waals surface area contributed by atoms with Crippen LogP contribution >= 0.6 is 27.3 Å². The lowest BCUT2D eigenvalue weighted by Crippen LogP contribution is -2.42. The topological polar surface area (TPSA) is 100 Å². The molecule has 2 N–H and O–H groups in total. The lowest BCUT2D eigenvalue weighted by atomic mass is 10.1. The monoisotopic (exact) mass is 489 g/mol. The summed E-state index contributed by atoms with van der Waals surface area (Å²) in [6.07, 6.45) is 0. The molecule has 1 fully saturated rings. The molecule has 1 unspecified atom stereocenters. The Balaban J connectivity index is 1.48. The number of halogens is 1. The second-order valence-electron chi connectivity index (χ2n) is 6.94. The number of aromatic nitrogens is 3. The molecule has 2 amide bonds. The SMILES string of the molecule is Cc1cc(-c2nc(C(C)NC(=O)c3ccc(Br)s3)n[nH]2)ccc1N1CCOCC1=O. The van der Waals surface area contributed by atoms with Crippen LogP contribution in [0, 0.1) is 6.92 Å². The highest BCUT2D eigenvalue weighted by molar-refractivity contribution is 9.11. The Morgan fingerprint density at radius 3 is 2.90 bits per heavy atom. The predicted molar refractivity (Wildman–Crippen MR) is 118 cm³/mol. The number of rotatable bonds is 5. The van der Waals surface area contributed by atoms with Crippen LogP contribution in [0.15, 0.2) is 34.1 Å². The number of nitrogens with one attached hydrogen (secondary N) is 2. The number of carbonyl (C=O) groups is 2. The molecule has 0 bridgehead atoms. The second kappa shape index (κ2) is 8.66. The van der Waals surface area contributed by atoms with Crippen molar-refractivity contribution in [1.82, 2.24) is 20.5 Å². The summed E-state index contributed by atoms with van der Waals surface area (Å²) in [5, 5.41) is 10.1. The standard InChI is InChI=1S/C20H20BrN5O3S/c1-11-9-13(3-4-14(11)26-7-8-29-10-17(26)27)19-23-18(24-25-19)12(2)22-20(28)15-5-6-16(21)30-15/h3-6,9,12H,7-8,10H2,1-2H3,(H,22,28)(H,23,24,25). The zero-order valence-corrected chi connectivity index (χ0v) is 18.8. The smallest absolute Gasteiger partial charge is 0.261 e. The third-order valence-electron chi connectivity index (χ3n) is 4.78. The Kier molecular flexibility index (Phi) is 5.98. The van der Waals surface area contributed by atoms with E-state index in [9.17, 15) is 9.59 Å². The van der Waals surface area contributed by atoms with E-state index in [4.69, 9.17) is 4.74 Å². The molecule has 1 aliphatic heterocycles. The fraction of sp³-hybridized carbons (Fsp3) is 0.300. The summed E-state index contributed by atoms with van der Waals surface area (Å²) in [5.41, 5.74) is 2.69. The highest BCUT2D eigenvalue weighted by atomic mass is 79.9. The number of hydrogen-bond acceptors (Lipinski definition) is 6. The number of anilines is 1. The summed E-state index contributed by atoms with van der Waals surface area (Å²) >= 11 is 4.73. The van der Waals surface area contributed by atoms with Gasteiger partial charge in [-0.2, -0.15) is 5.10 Å². The molecule has 10 heteroatoms. The zero-order valence-electron chi connectivity index (χ0n) is 16.4. The maximum absolute atomic E-state index is 12.3. The fourth-order valence-corrected chi connectivity index (χ4v) is 4.53. The lowest BCUT2D eigenvalue weighted by molar-refractivity contribution is -0.125. The van der Waals surface area contributed by atoms with E-state index in [1.165, 1.54) is 11.3 Å². The van der Waals surface area contributed by atoms with Gasteiger partial charge >= 0.3 is 0 Å². The number of aromatic amines is 1. The highest BCUT2D eigenvalue weighted by Crippen LogP contribution is 2.27. The van der Waals surface area contributed by atoms with Crippen LogP contribution in [-0.2, 0) is 9.53 Å². The average molecular weight is 490 g/mol. The Morgan fingerprint density at radius 2 is 2.20 bits per heavy atom. The molecule has 1 saturated heterocycles. The Morgan fingerprint density at radius 1 is 1.37 bits per heavy atom. The van der Waals surface area contributed by atoms with Crippen LogP contribution in [0.25, 0.3) is 11.4 Å². The van der Waals surface area contributed by atoms with E-state index < -0.39 is 0 Å². The quantitative estimate of drug-likeness (QED) is 0.571. The van der Waals surface area contributed by atoms with Crippen molar-refractivity contribution in [2.45, 2.75) is 19.9 Å². The van der Waals surface area contributed by atoms with E-state index in [1.807, 2.05) is 38.1 Å². The maximum Gasteiger partial charge on any atom is 0.261 e. The molecule has 1 aliphatic rings. The van der Waals surface area contributed by atoms with Crippen LogP contribution in [0.4, 0.5) is 5.69 Å². The summed E-state index contributed by atoms with van der Waals surface area (Å²) in [6.45, 7) is 4.99. The number of aryl methyl sites for hydroxylation is 1. The van der Waals surface area contributed by atoms with E-state index in [2.05, 4.69) is 36.4 Å². The first-order chi connectivity index (χ1) is 14.4. The minimum atomic E-state index is -0.352. The molecule has 1 aromatic carbocycles. The number of amides is 2. The Bertz CT molecular complexity index is 1100. The zero-order chi connectivity index (χ0) is 21.3. The average Bonchev–Trinajstić information content (AvgIpc) is 3.38. The predicted octanol–water partition coefficient (Wildman–Crippen LogP) is 3.46. The van der Waals surface area contributed by atoms with Gasteiger partial charge in [0.05, 0.1) is 21.3 Å². The Hall–Kier alpha value is -2.56. The summed E-state index contributed by atoms with van der Waals surface area (Å²) < 4.78 is 6.10. The molecule has 156 valence electrons. The van der Waals surface area contributed by atoms with Crippen molar-refractivity contribution in [1.29, 1.82) is 0 Å². The lowest BCUT2D eigenvalue weighted by Gasteiger charge is -2.28. The molecule has 2 aromatic heterocycles. The van der Waals surface area contributed by atoms with Gasteiger partial charge in [0.25, 0.3) is 11.8 Å². The molecule has 3 aromatic rings. The summed E-state index contributed by atoms with van der Waals surface area (Å²) in [4.78, 5) is 31.4. The van der Waals surface area contributed by atoms with Gasteiger partial charge in [-0.05, 0) is 65.7 Å². The van der Waals surface area contributed by atoms with Gasteiger partial charge in [0.15, 0.2) is 11.6 Å². The van der Waals surface area contributed by atoms with Gasteiger partial charge in [-0.3, -0.25) is 14.7 Å². The first kappa shape index (κ1) is 20.7. The van der Waals surface area contributed by atoms with Crippen molar-refractivity contribution >= 4 is 44.8 Å². The number of ether oxygens (including phenoxy) is 1. The third kappa shape index (κ3) is 4.30. The number of H-pyrrole nitrogens is 1. The van der Waals surface area contributed by atoms with Gasteiger partial charge in [-0.25, -0.2) is 4.98 Å². The number of morpholine rings is 1. The van der Waals surface area contributed by atoms with Crippen molar-refractivity contribution in [3.8, 4) is 11.4 Å². The first-order valence-electron chi connectivity index (χ1n) is 9.40. The second-order valence-corrected chi connectivity index (χ2v) is 9.40. The van der Waals surface area contributed by atoms with Crippen LogP contribution in [0.3, 0.4) is 0 Å². The molecule has 8 nitrogen and oxygen atoms in total. The molecule has 0 radical (unpaired) electrons. The largest absolute Gasteiger partial charge is 0.370 e. The van der Waals surface area contributed by atoms with Crippen molar-refractivity contribution in [2.24, 2.45) is 0 Å². The van der Waals surface area contributed by atoms with Gasteiger partial charge < -0.3 is 15.0 Å². The number of nitrogens with zero attached hydrogens (tertiary/aromatic N) is 3. The van der Waals surface area contributed by atoms with E-state index >= 15 is 0 Å².